The SMILES string of the molecule is CC.CCOC(=O)C(C)CS.CCOC(=O)CC.CS.NC(=O)c1cccc(C(N)=O)c1. The van der Waals surface area contributed by atoms with E-state index in [0.717, 1.165) is 0 Å². The number of benzene rings is 1. The molecule has 4 N–H and O–H groups in total. The van der Waals surface area contributed by atoms with Crippen LogP contribution >= 0.6 is 25.3 Å². The van der Waals surface area contributed by atoms with Crippen molar-refractivity contribution in [3.63, 3.8) is 0 Å². The first-order chi connectivity index (χ1) is 15.1. The van der Waals surface area contributed by atoms with Gasteiger partial charge in [-0.3, -0.25) is 19.2 Å². The van der Waals surface area contributed by atoms with Gasteiger partial charge in [0.15, 0.2) is 0 Å². The molecule has 1 atom stereocenters. The first kappa shape index (κ1) is 37.1. The topological polar surface area (TPSA) is 139 Å². The Morgan fingerprint density at radius 2 is 1.31 bits per heavy atom. The average Bonchev–Trinajstić information content (AvgIpc) is 2.82. The molecule has 10 heteroatoms. The Morgan fingerprint density at radius 3 is 1.56 bits per heavy atom. The van der Waals surface area contributed by atoms with Gasteiger partial charge >= 0.3 is 11.9 Å². The van der Waals surface area contributed by atoms with E-state index in [9.17, 15) is 19.2 Å². The second kappa shape index (κ2) is 26.8. The Balaban J connectivity index is -0.000000176. The monoisotopic (exact) mass is 492 g/mol. The maximum Gasteiger partial charge on any atom is 0.309 e. The molecule has 0 aliphatic rings. The number of esters is 2. The van der Waals surface area contributed by atoms with Gasteiger partial charge in [-0.25, -0.2) is 0 Å². The minimum atomic E-state index is -0.571. The van der Waals surface area contributed by atoms with Crippen LogP contribution in [0, 0.1) is 5.92 Å². The van der Waals surface area contributed by atoms with Crippen LogP contribution in [0.5, 0.6) is 0 Å². The van der Waals surface area contributed by atoms with E-state index in [1.807, 2.05) is 13.8 Å². The molecule has 0 radical (unpaired) electrons. The number of carbonyl (C=O) groups is 4. The van der Waals surface area contributed by atoms with Gasteiger partial charge in [-0.2, -0.15) is 25.3 Å². The zero-order valence-corrected chi connectivity index (χ0v) is 22.0. The van der Waals surface area contributed by atoms with Crippen molar-refractivity contribution in [1.82, 2.24) is 0 Å². The van der Waals surface area contributed by atoms with Gasteiger partial charge in [-0.1, -0.05) is 33.8 Å². The molecule has 0 saturated carbocycles. The van der Waals surface area contributed by atoms with Crippen molar-refractivity contribution < 1.29 is 28.7 Å². The van der Waals surface area contributed by atoms with Gasteiger partial charge in [0.05, 0.1) is 19.1 Å². The zero-order valence-electron chi connectivity index (χ0n) is 20.2. The Morgan fingerprint density at radius 1 is 0.906 bits per heavy atom. The molecule has 0 bridgehead atoms. The molecule has 186 valence electrons. The van der Waals surface area contributed by atoms with Crippen LogP contribution < -0.4 is 11.5 Å². The van der Waals surface area contributed by atoms with Crippen LogP contribution in [-0.2, 0) is 19.1 Å². The van der Waals surface area contributed by atoms with Crippen LogP contribution in [0.2, 0.25) is 0 Å². The zero-order chi connectivity index (χ0) is 26.1. The molecule has 0 spiro atoms. The molecule has 0 heterocycles. The van der Waals surface area contributed by atoms with Gasteiger partial charge in [0.1, 0.15) is 0 Å². The standard InChI is InChI=1S/C8H8N2O2.C6H12O2S.C5H10O2.C2H6.CH4S/c9-7(11)5-2-1-3-6(4-5)8(10)12;1-3-8-6(7)5(2)4-9;1-3-5(6)7-4-2;2*1-2/h1-4H,(H2,9,11)(H2,10,12);5,9H,3-4H2,1-2H3;3-4H2,1-2H3;1-2H3;2H,1H3. The van der Waals surface area contributed by atoms with Crippen molar-refractivity contribution in [2.24, 2.45) is 17.4 Å². The van der Waals surface area contributed by atoms with Crippen molar-refractivity contribution in [3.05, 3.63) is 35.4 Å². The smallest absolute Gasteiger partial charge is 0.309 e. The molecule has 0 aliphatic heterocycles. The predicted molar refractivity (Wildman–Crippen MR) is 136 cm³/mol. The molecule has 1 unspecified atom stereocenters. The van der Waals surface area contributed by atoms with E-state index >= 15 is 0 Å². The molecular formula is C22H40N2O6S2. The van der Waals surface area contributed by atoms with Crippen LogP contribution in [0.3, 0.4) is 0 Å². The maximum atomic E-state index is 10.7. The summed E-state index contributed by atoms with van der Waals surface area (Å²) in [6, 6.07) is 5.97. The highest BCUT2D eigenvalue weighted by atomic mass is 32.1. The molecule has 0 saturated heterocycles. The fourth-order valence-electron chi connectivity index (χ4n) is 1.45. The number of thiol groups is 2. The lowest BCUT2D eigenvalue weighted by Gasteiger charge is -2.05. The minimum absolute atomic E-state index is 0.0757. The van der Waals surface area contributed by atoms with Crippen molar-refractivity contribution in [2.75, 3.05) is 25.2 Å². The van der Waals surface area contributed by atoms with Crippen LogP contribution in [0.15, 0.2) is 24.3 Å². The first-order valence-electron chi connectivity index (χ1n) is 10.2. The van der Waals surface area contributed by atoms with Crippen molar-refractivity contribution >= 4 is 49.0 Å². The third-order valence-corrected chi connectivity index (χ3v) is 3.54. The second-order valence-electron chi connectivity index (χ2n) is 5.30. The predicted octanol–water partition coefficient (Wildman–Crippen LogP) is 3.53. The summed E-state index contributed by atoms with van der Waals surface area (Å²) in [7, 11) is 0. The van der Waals surface area contributed by atoms with E-state index in [4.69, 9.17) is 16.2 Å². The van der Waals surface area contributed by atoms with Gasteiger partial charge in [0.25, 0.3) is 0 Å². The van der Waals surface area contributed by atoms with Crippen LogP contribution in [0.4, 0.5) is 0 Å². The molecule has 1 aromatic carbocycles. The number of nitrogens with two attached hydrogens (primary N) is 2. The number of rotatable bonds is 7. The number of primary amides is 2. The van der Waals surface area contributed by atoms with Crippen LogP contribution in [0.25, 0.3) is 0 Å². The summed E-state index contributed by atoms with van der Waals surface area (Å²) in [6.07, 6.45) is 2.17. The van der Waals surface area contributed by atoms with E-state index in [0.29, 0.717) is 25.4 Å². The number of hydrogen-bond acceptors (Lipinski definition) is 8. The van der Waals surface area contributed by atoms with Gasteiger partial charge in [0, 0.05) is 23.3 Å². The van der Waals surface area contributed by atoms with E-state index in [1.54, 1.807) is 40.0 Å². The Hall–Kier alpha value is -2.20. The highest BCUT2D eigenvalue weighted by Crippen LogP contribution is 2.03. The fraction of sp³-hybridized carbons (Fsp3) is 0.545. The maximum absolute atomic E-state index is 10.7. The fourth-order valence-corrected chi connectivity index (χ4v) is 1.60. The van der Waals surface area contributed by atoms with E-state index in [-0.39, 0.29) is 29.0 Å². The summed E-state index contributed by atoms with van der Waals surface area (Å²) in [4.78, 5) is 42.2. The Bertz CT molecular complexity index is 613. The van der Waals surface area contributed by atoms with E-state index in [2.05, 4.69) is 30.0 Å². The molecule has 0 aliphatic carbocycles. The third-order valence-electron chi connectivity index (χ3n) is 2.99. The summed E-state index contributed by atoms with van der Waals surface area (Å²) < 4.78 is 9.26. The lowest BCUT2D eigenvalue weighted by Crippen LogP contribution is -2.15. The summed E-state index contributed by atoms with van der Waals surface area (Å²) >= 11 is 7.47. The van der Waals surface area contributed by atoms with Crippen LogP contribution in [0.1, 0.15) is 68.7 Å². The summed E-state index contributed by atoms with van der Waals surface area (Å²) in [5.74, 6) is -0.946. The first-order valence-corrected chi connectivity index (χ1v) is 11.7. The van der Waals surface area contributed by atoms with Gasteiger partial charge < -0.3 is 20.9 Å². The largest absolute Gasteiger partial charge is 0.466 e. The lowest BCUT2D eigenvalue weighted by molar-refractivity contribution is -0.146. The molecular weight excluding hydrogens is 452 g/mol. The Kier molecular flexibility index (Phi) is 31.1. The molecule has 0 aromatic heterocycles. The number of carbonyl (C=O) groups excluding carboxylic acids is 4. The molecule has 1 aromatic rings. The molecule has 0 fully saturated rings. The molecule has 1 rings (SSSR count). The average molecular weight is 493 g/mol. The van der Waals surface area contributed by atoms with Gasteiger partial charge in [-0.15, -0.1) is 0 Å². The Labute approximate surface area is 203 Å². The van der Waals surface area contributed by atoms with Gasteiger partial charge in [-0.05, 0) is 38.3 Å². The van der Waals surface area contributed by atoms with E-state index in [1.165, 1.54) is 18.2 Å². The number of amides is 2. The minimum Gasteiger partial charge on any atom is -0.466 e. The molecule has 32 heavy (non-hydrogen) atoms. The van der Waals surface area contributed by atoms with Crippen molar-refractivity contribution in [1.29, 1.82) is 0 Å². The number of hydrogen-bond donors (Lipinski definition) is 4. The summed E-state index contributed by atoms with van der Waals surface area (Å²) in [5.41, 5.74) is 10.6. The highest BCUT2D eigenvalue weighted by molar-refractivity contribution is 7.80. The van der Waals surface area contributed by atoms with E-state index < -0.39 is 11.8 Å². The second-order valence-corrected chi connectivity index (χ2v) is 5.67. The van der Waals surface area contributed by atoms with Gasteiger partial charge in [0.2, 0.25) is 11.8 Å². The highest BCUT2D eigenvalue weighted by Gasteiger charge is 2.10. The lowest BCUT2D eigenvalue weighted by atomic mass is 10.1. The van der Waals surface area contributed by atoms with Crippen molar-refractivity contribution in [2.45, 2.75) is 48.0 Å². The normalized spacial score (nSPS) is 9.28. The molecule has 8 nitrogen and oxygen atoms in total. The summed E-state index contributed by atoms with van der Waals surface area (Å²) in [5, 5.41) is 0. The number of ether oxygens (including phenoxy) is 2. The summed E-state index contributed by atoms with van der Waals surface area (Å²) in [6.45, 7) is 12.1. The quantitative estimate of drug-likeness (QED) is 0.339. The molecule has 2 amide bonds. The van der Waals surface area contributed by atoms with Crippen molar-refractivity contribution in [3.8, 4) is 0 Å². The third kappa shape index (κ3) is 22.5. The van der Waals surface area contributed by atoms with Crippen LogP contribution in [-0.4, -0.2) is 49.0 Å².